The highest BCUT2D eigenvalue weighted by Crippen LogP contribution is 2.52. The number of sulfonamides is 1. The number of hydrogen-bond donors (Lipinski definition) is 1. The van der Waals surface area contributed by atoms with Gasteiger partial charge in [-0.2, -0.15) is 11.3 Å². The van der Waals surface area contributed by atoms with E-state index >= 15 is 0 Å². The number of rotatable bonds is 17. The third kappa shape index (κ3) is 9.97. The lowest BCUT2D eigenvalue weighted by Gasteiger charge is -2.25. The molecule has 0 saturated heterocycles. The molecule has 1 aliphatic rings. The number of benzene rings is 2. The van der Waals surface area contributed by atoms with Gasteiger partial charge in [-0.3, -0.25) is 4.79 Å². The molecule has 0 unspecified atom stereocenters. The van der Waals surface area contributed by atoms with Gasteiger partial charge in [-0.25, -0.2) is 13.1 Å². The van der Waals surface area contributed by atoms with Crippen LogP contribution in [-0.2, 0) is 34.2 Å². The molecule has 1 aliphatic carbocycles. The van der Waals surface area contributed by atoms with E-state index < -0.39 is 10.0 Å². The number of terminal acetylenes is 1. The second-order valence-electron chi connectivity index (χ2n) is 11.4. The van der Waals surface area contributed by atoms with Crippen molar-refractivity contribution >= 4 is 38.9 Å². The first-order valence-electron chi connectivity index (χ1n) is 14.5. The van der Waals surface area contributed by atoms with Gasteiger partial charge in [0.2, 0.25) is 15.9 Å². The number of carbonyl (C=O) groups excluding carboxylic acids is 1. The van der Waals surface area contributed by atoms with E-state index in [1.54, 1.807) is 42.5 Å². The Bertz CT molecular complexity index is 1540. The summed E-state index contributed by atoms with van der Waals surface area (Å²) in [5.41, 5.74) is 3.78. The number of nitrogens with zero attached hydrogens (tertiary/aromatic N) is 1. The van der Waals surface area contributed by atoms with Gasteiger partial charge in [0.1, 0.15) is 5.75 Å². The van der Waals surface area contributed by atoms with Crippen LogP contribution in [0.4, 0.5) is 0 Å². The fourth-order valence-electron chi connectivity index (χ4n) is 4.91. The van der Waals surface area contributed by atoms with Crippen molar-refractivity contribution in [1.82, 2.24) is 9.62 Å². The highest BCUT2D eigenvalue weighted by atomic mass is 35.5. The molecule has 1 heterocycles. The number of nitrogens with one attached hydrogen (secondary N) is 1. The zero-order chi connectivity index (χ0) is 30.9. The number of carbonyl (C=O) groups is 1. The van der Waals surface area contributed by atoms with Gasteiger partial charge in [-0.1, -0.05) is 35.9 Å². The molecule has 43 heavy (non-hydrogen) atoms. The van der Waals surface area contributed by atoms with Gasteiger partial charge in [-0.15, -0.1) is 12.3 Å². The molecule has 0 bridgehead atoms. The molecular weight excluding hydrogens is 600 g/mol. The predicted molar refractivity (Wildman–Crippen MR) is 175 cm³/mol. The summed E-state index contributed by atoms with van der Waals surface area (Å²) in [6.45, 7) is 7.07. The molecule has 1 fully saturated rings. The van der Waals surface area contributed by atoms with Crippen molar-refractivity contribution in [3.8, 4) is 18.1 Å². The Labute approximate surface area is 265 Å². The molecule has 0 radical (unpaired) electrons. The molecule has 3 aromatic rings. The molecule has 0 spiro atoms. The molecule has 0 aliphatic heterocycles. The van der Waals surface area contributed by atoms with Gasteiger partial charge in [0, 0.05) is 36.6 Å². The van der Waals surface area contributed by atoms with E-state index in [0.29, 0.717) is 43.0 Å². The van der Waals surface area contributed by atoms with Gasteiger partial charge in [0.25, 0.3) is 0 Å². The first kappa shape index (κ1) is 32.8. The molecule has 1 saturated carbocycles. The van der Waals surface area contributed by atoms with Crippen LogP contribution in [0.3, 0.4) is 0 Å². The number of halogens is 1. The van der Waals surface area contributed by atoms with Gasteiger partial charge in [0.05, 0.1) is 17.9 Å². The van der Waals surface area contributed by atoms with Gasteiger partial charge < -0.3 is 9.64 Å². The quantitative estimate of drug-likeness (QED) is 0.127. The number of hydrogen-bond acceptors (Lipinski definition) is 5. The number of amides is 1. The Hall–Kier alpha value is -3.09. The normalized spacial score (nSPS) is 13.7. The lowest BCUT2D eigenvalue weighted by molar-refractivity contribution is -0.131. The molecule has 228 valence electrons. The Balaban J connectivity index is 1.45. The van der Waals surface area contributed by atoms with Crippen molar-refractivity contribution in [2.75, 3.05) is 19.7 Å². The van der Waals surface area contributed by atoms with Crippen molar-refractivity contribution in [3.63, 3.8) is 0 Å². The monoisotopic (exact) mass is 638 g/mol. The van der Waals surface area contributed by atoms with E-state index in [2.05, 4.69) is 17.2 Å². The zero-order valence-electron chi connectivity index (χ0n) is 24.6. The van der Waals surface area contributed by atoms with Crippen LogP contribution in [-0.4, -0.2) is 38.9 Å². The molecule has 1 N–H and O–H groups in total. The van der Waals surface area contributed by atoms with Crippen LogP contribution < -0.4 is 9.46 Å². The van der Waals surface area contributed by atoms with Crippen molar-refractivity contribution in [2.45, 2.75) is 63.3 Å². The van der Waals surface area contributed by atoms with Gasteiger partial charge in [0.15, 0.2) is 0 Å². The Morgan fingerprint density at radius 3 is 2.58 bits per heavy atom. The van der Waals surface area contributed by atoms with E-state index in [9.17, 15) is 13.2 Å². The highest BCUT2D eigenvalue weighted by molar-refractivity contribution is 7.89. The first-order valence-corrected chi connectivity index (χ1v) is 17.3. The summed E-state index contributed by atoms with van der Waals surface area (Å²) in [5, 5.41) is 4.53. The smallest absolute Gasteiger partial charge is 0.240 e. The van der Waals surface area contributed by atoms with Crippen LogP contribution in [0.2, 0.25) is 5.02 Å². The summed E-state index contributed by atoms with van der Waals surface area (Å²) in [6, 6.07) is 14.3. The van der Waals surface area contributed by atoms with E-state index in [4.69, 9.17) is 22.8 Å². The average molecular weight is 639 g/mol. The molecule has 1 aromatic heterocycles. The summed E-state index contributed by atoms with van der Waals surface area (Å²) in [7, 11) is -3.62. The van der Waals surface area contributed by atoms with Crippen LogP contribution in [0.1, 0.15) is 55.7 Å². The molecule has 6 nitrogen and oxygen atoms in total. The van der Waals surface area contributed by atoms with Crippen LogP contribution in [0, 0.1) is 17.8 Å². The Morgan fingerprint density at radius 2 is 1.93 bits per heavy atom. The lowest BCUT2D eigenvalue weighted by Crippen LogP contribution is -2.33. The largest absolute Gasteiger partial charge is 0.493 e. The minimum absolute atomic E-state index is 0.00117. The maximum atomic E-state index is 13.5. The second kappa shape index (κ2) is 15.1. The topological polar surface area (TPSA) is 75.7 Å². The van der Waals surface area contributed by atoms with Crippen LogP contribution >= 0.6 is 22.9 Å². The Morgan fingerprint density at radius 1 is 1.16 bits per heavy atom. The third-order valence-electron chi connectivity index (χ3n) is 7.79. The average Bonchev–Trinajstić information content (AvgIpc) is 3.56. The minimum atomic E-state index is -3.62. The van der Waals surface area contributed by atoms with Crippen LogP contribution in [0.5, 0.6) is 5.75 Å². The van der Waals surface area contributed by atoms with Gasteiger partial charge in [-0.05, 0) is 103 Å². The van der Waals surface area contributed by atoms with E-state index in [-0.39, 0.29) is 17.3 Å². The molecule has 9 heteroatoms. The standard InChI is InChI=1S/C34H39ClN2O4S2/c1-4-5-14-34(15-16-34)17-19-41-32-11-8-30(35)22-29(32)24-37(33(38)21-28-13-20-42-25-28)18-12-27-6-9-31(10-7-27)43(39,40)36-23-26(2)3/h1,6-11,13,20,22,25,36H,2,5,12,14-19,21,23-24H2,3H3. The van der Waals surface area contributed by atoms with E-state index in [1.807, 2.05) is 39.9 Å². The zero-order valence-corrected chi connectivity index (χ0v) is 27.0. The maximum absolute atomic E-state index is 13.5. The maximum Gasteiger partial charge on any atom is 0.240 e. The Kier molecular flexibility index (Phi) is 11.5. The molecule has 1 amide bonds. The lowest BCUT2D eigenvalue weighted by atomic mass is 9.97. The van der Waals surface area contributed by atoms with Crippen molar-refractivity contribution < 1.29 is 17.9 Å². The number of ether oxygens (including phenoxy) is 1. The highest BCUT2D eigenvalue weighted by Gasteiger charge is 2.41. The molecule has 0 atom stereocenters. The summed E-state index contributed by atoms with van der Waals surface area (Å²) < 4.78 is 33.9. The third-order valence-corrected chi connectivity index (χ3v) is 10.2. The molecular formula is C34H39ClN2O4S2. The minimum Gasteiger partial charge on any atom is -0.493 e. The summed E-state index contributed by atoms with van der Waals surface area (Å²) in [4.78, 5) is 15.6. The molecule has 2 aromatic carbocycles. The van der Waals surface area contributed by atoms with Crippen LogP contribution in [0.25, 0.3) is 0 Å². The summed E-state index contributed by atoms with van der Waals surface area (Å²) >= 11 is 7.96. The number of thiophene rings is 1. The van der Waals surface area contributed by atoms with Crippen LogP contribution in [0.15, 0.2) is 76.3 Å². The first-order chi connectivity index (χ1) is 20.6. The SMILES string of the molecule is C#CCCC1(CCOc2ccc(Cl)cc2CN(CCc2ccc(S(=O)(=O)NCC(=C)C)cc2)C(=O)Cc2ccsc2)CC1. The van der Waals surface area contributed by atoms with Gasteiger partial charge >= 0.3 is 0 Å². The van der Waals surface area contributed by atoms with Crippen molar-refractivity contribution in [2.24, 2.45) is 5.41 Å². The van der Waals surface area contributed by atoms with E-state index in [0.717, 1.165) is 47.3 Å². The van der Waals surface area contributed by atoms with E-state index in [1.165, 1.54) is 12.8 Å². The fourth-order valence-corrected chi connectivity index (χ4v) is 6.87. The molecule has 4 rings (SSSR count). The second-order valence-corrected chi connectivity index (χ2v) is 14.3. The van der Waals surface area contributed by atoms with Crippen molar-refractivity contribution in [1.29, 1.82) is 0 Å². The summed E-state index contributed by atoms with van der Waals surface area (Å²) in [6.07, 6.45) is 11.5. The summed E-state index contributed by atoms with van der Waals surface area (Å²) in [5.74, 6) is 3.48. The fraction of sp³-hybridized carbons (Fsp3) is 0.382. The predicted octanol–water partition coefficient (Wildman–Crippen LogP) is 7.03. The van der Waals surface area contributed by atoms with Crippen molar-refractivity contribution in [3.05, 3.63) is 93.2 Å².